The van der Waals surface area contributed by atoms with Crippen LogP contribution in [0.4, 0.5) is 11.4 Å². The second-order valence-electron chi connectivity index (χ2n) is 9.08. The molecule has 0 radical (unpaired) electrons. The summed E-state index contributed by atoms with van der Waals surface area (Å²) < 4.78 is 11.9. The summed E-state index contributed by atoms with van der Waals surface area (Å²) in [5.74, 6) is 0.555. The zero-order valence-electron chi connectivity index (χ0n) is 19.9. The van der Waals surface area contributed by atoms with Crippen molar-refractivity contribution in [3.05, 3.63) is 82.4 Å². The number of carbonyl (C=O) groups excluding carboxylic acids is 1. The van der Waals surface area contributed by atoms with Gasteiger partial charge in [-0.15, -0.1) is 0 Å². The van der Waals surface area contributed by atoms with Gasteiger partial charge >= 0.3 is 0 Å². The van der Waals surface area contributed by atoms with Gasteiger partial charge < -0.3 is 20.1 Å². The average Bonchev–Trinajstić information content (AvgIpc) is 2.81. The highest BCUT2D eigenvalue weighted by Crippen LogP contribution is 2.50. The normalized spacial score (nSPS) is 22.5. The zero-order chi connectivity index (χ0) is 24.9. The van der Waals surface area contributed by atoms with Gasteiger partial charge in [-0.25, -0.2) is 0 Å². The third kappa shape index (κ3) is 3.98. The Labute approximate surface area is 215 Å². The molecule has 1 fully saturated rings. The number of anilines is 2. The Kier molecular flexibility index (Phi) is 5.85. The van der Waals surface area contributed by atoms with E-state index in [0.29, 0.717) is 15.9 Å². The summed E-state index contributed by atoms with van der Waals surface area (Å²) in [7, 11) is 1.62. The number of carbonyl (C=O) groups is 1. The average molecular weight is 508 g/mol. The summed E-state index contributed by atoms with van der Waals surface area (Å²) in [6.07, 6.45) is 0. The highest BCUT2D eigenvalue weighted by atomic mass is 35.5. The number of methoxy groups -OCH3 is 1. The number of hydrogen-bond acceptors (Lipinski definition) is 4. The molecule has 1 saturated heterocycles. The third-order valence-corrected chi connectivity index (χ3v) is 7.25. The van der Waals surface area contributed by atoms with Crippen molar-refractivity contribution in [2.24, 2.45) is 5.92 Å². The van der Waals surface area contributed by atoms with Crippen LogP contribution in [0.25, 0.3) is 0 Å². The van der Waals surface area contributed by atoms with Crippen molar-refractivity contribution in [3.63, 3.8) is 0 Å². The fourth-order valence-corrected chi connectivity index (χ4v) is 5.63. The van der Waals surface area contributed by atoms with Crippen molar-refractivity contribution in [1.29, 1.82) is 0 Å². The van der Waals surface area contributed by atoms with Gasteiger partial charge in [0.05, 0.1) is 13.2 Å². The minimum Gasteiger partial charge on any atom is -0.497 e. The van der Waals surface area contributed by atoms with Gasteiger partial charge in [0.15, 0.2) is 10.8 Å². The highest BCUT2D eigenvalue weighted by Gasteiger charge is 2.59. The molecule has 8 heteroatoms. The Balaban J connectivity index is 1.61. The molecule has 0 spiro atoms. The van der Waals surface area contributed by atoms with Gasteiger partial charge in [0, 0.05) is 22.0 Å². The minimum atomic E-state index is -1.11. The van der Waals surface area contributed by atoms with E-state index in [2.05, 4.69) is 10.6 Å². The molecule has 2 aliphatic heterocycles. The van der Waals surface area contributed by atoms with Gasteiger partial charge in [0.1, 0.15) is 17.4 Å². The Hall–Kier alpha value is -3.29. The lowest BCUT2D eigenvalue weighted by Crippen LogP contribution is -2.72. The first-order valence-corrected chi connectivity index (χ1v) is 12.1. The first kappa shape index (κ1) is 23.5. The molecular weight excluding hydrogens is 482 g/mol. The minimum absolute atomic E-state index is 0.177. The van der Waals surface area contributed by atoms with Crippen LogP contribution in [-0.2, 0) is 4.79 Å². The molecule has 2 N–H and O–H groups in total. The van der Waals surface area contributed by atoms with E-state index in [0.717, 1.165) is 33.8 Å². The molecular formula is C27H26ClN3O3S. The summed E-state index contributed by atoms with van der Waals surface area (Å²) >= 11 is 12.1. The van der Waals surface area contributed by atoms with Gasteiger partial charge in [0.25, 0.3) is 0 Å². The Morgan fingerprint density at radius 1 is 1.14 bits per heavy atom. The van der Waals surface area contributed by atoms with E-state index in [-0.39, 0.29) is 5.91 Å². The molecule has 0 saturated carbocycles. The quantitative estimate of drug-likeness (QED) is 0.437. The van der Waals surface area contributed by atoms with E-state index in [1.54, 1.807) is 13.2 Å². The fourth-order valence-electron chi connectivity index (χ4n) is 5.04. The van der Waals surface area contributed by atoms with E-state index < -0.39 is 17.7 Å². The highest BCUT2D eigenvalue weighted by molar-refractivity contribution is 7.80. The zero-order valence-corrected chi connectivity index (χ0v) is 21.5. The maximum Gasteiger partial charge on any atom is 0.236 e. The van der Waals surface area contributed by atoms with Crippen LogP contribution in [0.2, 0.25) is 5.02 Å². The van der Waals surface area contributed by atoms with Crippen LogP contribution in [0.15, 0.2) is 60.7 Å². The lowest BCUT2D eigenvalue weighted by molar-refractivity contribution is -0.130. The van der Waals surface area contributed by atoms with Crippen LogP contribution in [0.3, 0.4) is 0 Å². The van der Waals surface area contributed by atoms with Crippen molar-refractivity contribution < 1.29 is 14.3 Å². The molecule has 2 bridgehead atoms. The fraction of sp³-hybridized carbons (Fsp3) is 0.259. The third-order valence-electron chi connectivity index (χ3n) is 6.71. The van der Waals surface area contributed by atoms with Crippen molar-refractivity contribution in [2.45, 2.75) is 32.5 Å². The molecule has 1 amide bonds. The maximum absolute atomic E-state index is 13.9. The number of nitrogens with zero attached hydrogens (tertiary/aromatic N) is 1. The van der Waals surface area contributed by atoms with Crippen LogP contribution < -0.4 is 25.0 Å². The van der Waals surface area contributed by atoms with Crippen LogP contribution in [-0.4, -0.2) is 23.9 Å². The molecule has 180 valence electrons. The van der Waals surface area contributed by atoms with Gasteiger partial charge in [-0.1, -0.05) is 29.3 Å². The number of rotatable bonds is 4. The standard InChI is InChI=1S/C27H26ClN3O3S/c1-15-5-11-21(16(2)13-15)29-25(32)23-24-20-14-17(28)6-12-22(20)34-27(23,3)31(26(35)30-24)18-7-9-19(33-4)10-8-18/h5-14,23-24H,1-4H3,(H,29,32)(H,30,35)/t23-,24-,27+/m0/s1. The molecule has 0 unspecified atom stereocenters. The number of aryl methyl sites for hydroxylation is 2. The molecule has 3 atom stereocenters. The summed E-state index contributed by atoms with van der Waals surface area (Å²) in [5.41, 5.74) is 3.36. The number of fused-ring (bicyclic) bond motifs is 4. The number of ether oxygens (including phenoxy) is 2. The number of halogens is 1. The van der Waals surface area contributed by atoms with E-state index in [1.807, 2.05) is 80.3 Å². The summed E-state index contributed by atoms with van der Waals surface area (Å²) in [6.45, 7) is 5.91. The number of nitrogens with one attached hydrogen (secondary N) is 2. The topological polar surface area (TPSA) is 62.8 Å². The predicted molar refractivity (Wildman–Crippen MR) is 142 cm³/mol. The molecule has 6 nitrogen and oxygen atoms in total. The van der Waals surface area contributed by atoms with Crippen molar-refractivity contribution in [3.8, 4) is 11.5 Å². The summed E-state index contributed by atoms with van der Waals surface area (Å²) in [6, 6.07) is 18.5. The summed E-state index contributed by atoms with van der Waals surface area (Å²) in [4.78, 5) is 15.8. The van der Waals surface area contributed by atoms with Crippen LogP contribution in [0.1, 0.15) is 29.7 Å². The molecule has 2 heterocycles. The molecule has 0 aromatic heterocycles. The molecule has 0 aliphatic carbocycles. The molecule has 3 aromatic rings. The Bertz CT molecular complexity index is 1330. The second-order valence-corrected chi connectivity index (χ2v) is 9.91. The molecule has 3 aromatic carbocycles. The van der Waals surface area contributed by atoms with Gasteiger partial charge in [-0.3, -0.25) is 9.69 Å². The van der Waals surface area contributed by atoms with Gasteiger partial charge in [0.2, 0.25) is 5.91 Å². The first-order valence-electron chi connectivity index (χ1n) is 11.3. The van der Waals surface area contributed by atoms with Crippen molar-refractivity contribution in [1.82, 2.24) is 5.32 Å². The van der Waals surface area contributed by atoms with Gasteiger partial charge in [-0.05, 0) is 87.1 Å². The smallest absolute Gasteiger partial charge is 0.236 e. The lowest BCUT2D eigenvalue weighted by atomic mass is 9.78. The monoisotopic (exact) mass is 507 g/mol. The number of thiocarbonyl (C=S) groups is 1. The second kappa shape index (κ2) is 8.73. The van der Waals surface area contributed by atoms with E-state index in [4.69, 9.17) is 33.3 Å². The lowest BCUT2D eigenvalue weighted by Gasteiger charge is -2.56. The number of benzene rings is 3. The van der Waals surface area contributed by atoms with Crippen molar-refractivity contribution in [2.75, 3.05) is 17.3 Å². The van der Waals surface area contributed by atoms with Crippen LogP contribution in [0, 0.1) is 19.8 Å². The predicted octanol–water partition coefficient (Wildman–Crippen LogP) is 5.76. The number of hydrogen-bond donors (Lipinski definition) is 2. The molecule has 2 aliphatic rings. The number of amides is 1. The Morgan fingerprint density at radius 2 is 1.89 bits per heavy atom. The molecule has 5 rings (SSSR count). The molecule has 35 heavy (non-hydrogen) atoms. The summed E-state index contributed by atoms with van der Waals surface area (Å²) in [5, 5.41) is 7.56. The van der Waals surface area contributed by atoms with E-state index >= 15 is 0 Å². The SMILES string of the molecule is COc1ccc(N2C(=S)N[C@H]3c4cc(Cl)ccc4O[C@]2(C)[C@@H]3C(=O)Nc2ccc(C)cc2C)cc1. The van der Waals surface area contributed by atoms with E-state index in [1.165, 1.54) is 0 Å². The Morgan fingerprint density at radius 3 is 2.57 bits per heavy atom. The van der Waals surface area contributed by atoms with Gasteiger partial charge in [-0.2, -0.15) is 0 Å². The van der Waals surface area contributed by atoms with Crippen molar-refractivity contribution >= 4 is 46.2 Å². The maximum atomic E-state index is 13.9. The van der Waals surface area contributed by atoms with Crippen LogP contribution >= 0.6 is 23.8 Å². The van der Waals surface area contributed by atoms with Crippen LogP contribution in [0.5, 0.6) is 11.5 Å². The van der Waals surface area contributed by atoms with E-state index in [9.17, 15) is 4.79 Å². The largest absolute Gasteiger partial charge is 0.497 e. The first-order chi connectivity index (χ1) is 16.7.